The average Bonchev–Trinajstić information content (AvgIpc) is 2.82. The van der Waals surface area contributed by atoms with E-state index in [1.807, 2.05) is 0 Å². The number of rotatable bonds is 2. The average molecular weight is 261 g/mol. The quantitative estimate of drug-likeness (QED) is 0.744. The molecule has 19 heavy (non-hydrogen) atoms. The van der Waals surface area contributed by atoms with Crippen molar-refractivity contribution in [3.05, 3.63) is 59.7 Å². The van der Waals surface area contributed by atoms with E-state index in [0.29, 0.717) is 16.6 Å². The number of aliphatic hydroxyl groups excluding tert-OH is 1. The first-order valence-corrected chi connectivity index (χ1v) is 5.57. The van der Waals surface area contributed by atoms with Crippen LogP contribution in [0.2, 0.25) is 0 Å². The van der Waals surface area contributed by atoms with E-state index in [1.54, 1.807) is 0 Å². The number of nitrogens with zero attached hydrogens (tertiary/aromatic N) is 2. The third-order valence-electron chi connectivity index (χ3n) is 2.96. The molecule has 2 heterocycles. The standard InChI is InChI=1S/C13H9F2N3O/c14-9-2-1-3-10(15)11(9)12(19)7-5-17-13-8(7)4-16-6-18-13/h1-6,12,19H,(H,16,17,18). The van der Waals surface area contributed by atoms with Crippen molar-refractivity contribution in [3.8, 4) is 0 Å². The van der Waals surface area contributed by atoms with Crippen LogP contribution in [-0.4, -0.2) is 20.1 Å². The number of nitrogens with one attached hydrogen (secondary N) is 1. The lowest BCUT2D eigenvalue weighted by Gasteiger charge is -2.11. The van der Waals surface area contributed by atoms with Gasteiger partial charge >= 0.3 is 0 Å². The summed E-state index contributed by atoms with van der Waals surface area (Å²) in [5.74, 6) is -1.59. The number of H-pyrrole nitrogens is 1. The molecule has 0 bridgehead atoms. The molecule has 0 spiro atoms. The van der Waals surface area contributed by atoms with E-state index in [-0.39, 0.29) is 5.56 Å². The van der Waals surface area contributed by atoms with Crippen LogP contribution in [-0.2, 0) is 0 Å². The predicted octanol–water partition coefficient (Wildman–Crippen LogP) is 2.32. The Balaban J connectivity index is 2.16. The topological polar surface area (TPSA) is 61.8 Å². The Morgan fingerprint density at radius 1 is 1.21 bits per heavy atom. The summed E-state index contributed by atoms with van der Waals surface area (Å²) in [5.41, 5.74) is 0.452. The highest BCUT2D eigenvalue weighted by Crippen LogP contribution is 2.30. The first-order chi connectivity index (χ1) is 9.18. The van der Waals surface area contributed by atoms with E-state index < -0.39 is 17.7 Å². The molecular formula is C13H9F2N3O. The Morgan fingerprint density at radius 2 is 1.95 bits per heavy atom. The first-order valence-electron chi connectivity index (χ1n) is 5.57. The van der Waals surface area contributed by atoms with Crippen LogP contribution in [0.4, 0.5) is 8.78 Å². The summed E-state index contributed by atoms with van der Waals surface area (Å²) in [6.45, 7) is 0. The van der Waals surface area contributed by atoms with E-state index in [4.69, 9.17) is 0 Å². The number of fused-ring (bicyclic) bond motifs is 1. The second-order valence-electron chi connectivity index (χ2n) is 4.07. The molecule has 3 rings (SSSR count). The molecule has 0 amide bonds. The molecule has 0 radical (unpaired) electrons. The van der Waals surface area contributed by atoms with Gasteiger partial charge in [0.2, 0.25) is 0 Å². The Labute approximate surface area is 106 Å². The van der Waals surface area contributed by atoms with E-state index in [0.717, 1.165) is 12.1 Å². The fourth-order valence-corrected chi connectivity index (χ4v) is 2.03. The summed E-state index contributed by atoms with van der Waals surface area (Å²) in [6, 6.07) is 3.46. The molecule has 1 aromatic carbocycles. The molecule has 96 valence electrons. The maximum Gasteiger partial charge on any atom is 0.141 e. The summed E-state index contributed by atoms with van der Waals surface area (Å²) in [4.78, 5) is 10.6. The summed E-state index contributed by atoms with van der Waals surface area (Å²) >= 11 is 0. The first kappa shape index (κ1) is 11.7. The number of aromatic nitrogens is 3. The van der Waals surface area contributed by atoms with Gasteiger partial charge in [0.15, 0.2) is 0 Å². The smallest absolute Gasteiger partial charge is 0.141 e. The van der Waals surface area contributed by atoms with Crippen molar-refractivity contribution in [2.45, 2.75) is 6.10 Å². The van der Waals surface area contributed by atoms with Crippen LogP contribution in [0.5, 0.6) is 0 Å². The van der Waals surface area contributed by atoms with Gasteiger partial charge in [-0.15, -0.1) is 0 Å². The molecule has 1 atom stereocenters. The molecule has 0 aliphatic rings. The molecule has 4 nitrogen and oxygen atoms in total. The molecule has 0 saturated heterocycles. The van der Waals surface area contributed by atoms with E-state index in [9.17, 15) is 13.9 Å². The molecule has 6 heteroatoms. The molecule has 2 aromatic heterocycles. The number of benzene rings is 1. The van der Waals surface area contributed by atoms with Gasteiger partial charge in [0.05, 0.1) is 5.56 Å². The van der Waals surface area contributed by atoms with Crippen molar-refractivity contribution in [2.24, 2.45) is 0 Å². The van der Waals surface area contributed by atoms with Crippen LogP contribution in [0.1, 0.15) is 17.2 Å². The van der Waals surface area contributed by atoms with Gasteiger partial charge in [0.25, 0.3) is 0 Å². The van der Waals surface area contributed by atoms with Crippen molar-refractivity contribution in [2.75, 3.05) is 0 Å². The minimum atomic E-state index is -1.42. The molecule has 3 aromatic rings. The van der Waals surface area contributed by atoms with Crippen molar-refractivity contribution in [3.63, 3.8) is 0 Å². The SMILES string of the molecule is OC(c1c(F)cccc1F)c1c[nH]c2ncncc12. The number of halogens is 2. The highest BCUT2D eigenvalue weighted by Gasteiger charge is 2.22. The zero-order valence-electron chi connectivity index (χ0n) is 9.64. The molecule has 0 saturated carbocycles. The molecule has 2 N–H and O–H groups in total. The molecular weight excluding hydrogens is 252 g/mol. The number of hydrogen-bond acceptors (Lipinski definition) is 3. The number of aromatic amines is 1. The van der Waals surface area contributed by atoms with Crippen molar-refractivity contribution in [1.82, 2.24) is 15.0 Å². The second-order valence-corrected chi connectivity index (χ2v) is 4.07. The third-order valence-corrected chi connectivity index (χ3v) is 2.96. The zero-order chi connectivity index (χ0) is 13.4. The molecule has 1 unspecified atom stereocenters. The fourth-order valence-electron chi connectivity index (χ4n) is 2.03. The van der Waals surface area contributed by atoms with Crippen LogP contribution in [0, 0.1) is 11.6 Å². The third kappa shape index (κ3) is 1.86. The molecule has 0 fully saturated rings. The van der Waals surface area contributed by atoms with E-state index in [1.165, 1.54) is 24.8 Å². The predicted molar refractivity (Wildman–Crippen MR) is 64.3 cm³/mol. The van der Waals surface area contributed by atoms with E-state index >= 15 is 0 Å². The summed E-state index contributed by atoms with van der Waals surface area (Å²) in [6.07, 6.45) is 2.88. The van der Waals surface area contributed by atoms with Gasteiger partial charge in [-0.05, 0) is 12.1 Å². The largest absolute Gasteiger partial charge is 0.383 e. The normalized spacial score (nSPS) is 12.8. The van der Waals surface area contributed by atoms with Gasteiger partial charge in [-0.1, -0.05) is 6.07 Å². The Bertz CT molecular complexity index is 721. The van der Waals surface area contributed by atoms with Gasteiger partial charge in [-0.2, -0.15) is 0 Å². The number of hydrogen-bond donors (Lipinski definition) is 2. The van der Waals surface area contributed by atoms with Crippen molar-refractivity contribution >= 4 is 11.0 Å². The van der Waals surface area contributed by atoms with Gasteiger partial charge < -0.3 is 10.1 Å². The summed E-state index contributed by atoms with van der Waals surface area (Å²) in [7, 11) is 0. The maximum absolute atomic E-state index is 13.7. The Morgan fingerprint density at radius 3 is 2.68 bits per heavy atom. The fraction of sp³-hybridized carbons (Fsp3) is 0.0769. The van der Waals surface area contributed by atoms with Crippen LogP contribution < -0.4 is 0 Å². The summed E-state index contributed by atoms with van der Waals surface area (Å²) < 4.78 is 27.3. The van der Waals surface area contributed by atoms with Crippen molar-refractivity contribution in [1.29, 1.82) is 0 Å². The molecule has 0 aliphatic carbocycles. The van der Waals surface area contributed by atoms with Crippen molar-refractivity contribution < 1.29 is 13.9 Å². The van der Waals surface area contributed by atoms with Crippen LogP contribution in [0.25, 0.3) is 11.0 Å². The Hall–Kier alpha value is -2.34. The van der Waals surface area contributed by atoms with Crippen LogP contribution >= 0.6 is 0 Å². The van der Waals surface area contributed by atoms with Gasteiger partial charge in [-0.3, -0.25) is 0 Å². The van der Waals surface area contributed by atoms with Gasteiger partial charge in [0, 0.05) is 23.3 Å². The lowest BCUT2D eigenvalue weighted by atomic mass is 10.0. The monoisotopic (exact) mass is 261 g/mol. The van der Waals surface area contributed by atoms with Crippen LogP contribution in [0.3, 0.4) is 0 Å². The Kier molecular flexibility index (Phi) is 2.72. The zero-order valence-corrected chi connectivity index (χ0v) is 9.64. The lowest BCUT2D eigenvalue weighted by Crippen LogP contribution is -2.05. The highest BCUT2D eigenvalue weighted by atomic mass is 19.1. The van der Waals surface area contributed by atoms with E-state index in [2.05, 4.69) is 15.0 Å². The molecule has 0 aliphatic heterocycles. The minimum Gasteiger partial charge on any atom is -0.383 e. The summed E-state index contributed by atoms with van der Waals surface area (Å²) in [5, 5.41) is 10.7. The van der Waals surface area contributed by atoms with Crippen LogP contribution in [0.15, 0.2) is 36.9 Å². The highest BCUT2D eigenvalue weighted by molar-refractivity contribution is 5.79. The maximum atomic E-state index is 13.7. The number of aliphatic hydroxyl groups is 1. The lowest BCUT2D eigenvalue weighted by molar-refractivity contribution is 0.210. The minimum absolute atomic E-state index is 0.333. The van der Waals surface area contributed by atoms with Gasteiger partial charge in [-0.25, -0.2) is 18.7 Å². The van der Waals surface area contributed by atoms with Gasteiger partial charge in [0.1, 0.15) is 29.7 Å². The second kappa shape index (κ2) is 4.40.